The highest BCUT2D eigenvalue weighted by atomic mass is 32.2. The molecule has 0 aromatic heterocycles. The van der Waals surface area contributed by atoms with Crippen LogP contribution in [-0.4, -0.2) is 50.4 Å². The first-order valence-electron chi connectivity index (χ1n) is 7.30. The van der Waals surface area contributed by atoms with Crippen molar-refractivity contribution in [3.8, 4) is 17.6 Å². The second-order valence-corrected chi connectivity index (χ2v) is 7.35. The minimum Gasteiger partial charge on any atom is -0.493 e. The molecule has 1 unspecified atom stereocenters. The molecule has 0 bridgehead atoms. The van der Waals surface area contributed by atoms with E-state index in [-0.39, 0.29) is 32.2 Å². The Morgan fingerprint density at radius 2 is 2.26 bits per heavy atom. The fourth-order valence-corrected chi connectivity index (χ4v) is 3.90. The van der Waals surface area contributed by atoms with Gasteiger partial charge in [-0.15, -0.1) is 0 Å². The molecule has 0 fully saturated rings. The van der Waals surface area contributed by atoms with E-state index in [0.29, 0.717) is 11.5 Å². The van der Waals surface area contributed by atoms with Crippen LogP contribution in [0.25, 0.3) is 0 Å². The van der Waals surface area contributed by atoms with E-state index in [2.05, 4.69) is 0 Å². The lowest BCUT2D eigenvalue weighted by Crippen LogP contribution is -2.45. The van der Waals surface area contributed by atoms with E-state index in [1.807, 2.05) is 12.1 Å². The summed E-state index contributed by atoms with van der Waals surface area (Å²) in [7, 11) is -0.627. The molecule has 1 aromatic rings. The molecule has 0 amide bonds. The van der Waals surface area contributed by atoms with Crippen molar-refractivity contribution in [1.82, 2.24) is 8.61 Å². The maximum absolute atomic E-state index is 12.8. The average Bonchev–Trinajstić information content (AvgIpc) is 2.76. The van der Waals surface area contributed by atoms with Gasteiger partial charge < -0.3 is 9.47 Å². The number of methoxy groups -OCH3 is 1. The molecule has 1 aliphatic heterocycles. The highest BCUT2D eigenvalue weighted by Crippen LogP contribution is 2.34. The van der Waals surface area contributed by atoms with Crippen molar-refractivity contribution in [2.24, 2.45) is 0 Å². The van der Waals surface area contributed by atoms with Crippen LogP contribution >= 0.6 is 0 Å². The minimum atomic E-state index is -3.67. The Balaban J connectivity index is 2.29. The Labute approximate surface area is 137 Å². The van der Waals surface area contributed by atoms with E-state index < -0.39 is 10.2 Å². The molecular weight excluding hydrogens is 318 g/mol. The SMILES string of the molecule is COc1cccc2c1OCCN(S(=O)(=O)N(C)C(C)CC#N)C2. The van der Waals surface area contributed by atoms with E-state index in [4.69, 9.17) is 14.7 Å². The first-order chi connectivity index (χ1) is 10.9. The standard InChI is InChI=1S/C15H21N3O4S/c1-12(7-8-16)17(2)23(19,20)18-9-10-22-15-13(11-18)5-4-6-14(15)21-3/h4-6,12H,7,9-11H2,1-3H3. The fourth-order valence-electron chi connectivity index (χ4n) is 2.40. The Morgan fingerprint density at radius 3 is 2.91 bits per heavy atom. The van der Waals surface area contributed by atoms with Crippen molar-refractivity contribution in [1.29, 1.82) is 5.26 Å². The van der Waals surface area contributed by atoms with Crippen molar-refractivity contribution >= 4 is 10.2 Å². The molecule has 1 aliphatic rings. The number of nitrogens with zero attached hydrogens (tertiary/aromatic N) is 3. The van der Waals surface area contributed by atoms with Crippen LogP contribution in [0.5, 0.6) is 11.5 Å². The molecule has 0 N–H and O–H groups in total. The summed E-state index contributed by atoms with van der Waals surface area (Å²) in [4.78, 5) is 0. The van der Waals surface area contributed by atoms with Crippen LogP contribution in [0.2, 0.25) is 0 Å². The van der Waals surface area contributed by atoms with Crippen LogP contribution in [0.15, 0.2) is 18.2 Å². The molecule has 1 atom stereocenters. The summed E-state index contributed by atoms with van der Waals surface area (Å²) >= 11 is 0. The lowest BCUT2D eigenvalue weighted by Gasteiger charge is -2.29. The largest absolute Gasteiger partial charge is 0.493 e. The Hall–Kier alpha value is -1.82. The van der Waals surface area contributed by atoms with Gasteiger partial charge in [0.2, 0.25) is 0 Å². The molecule has 1 aromatic carbocycles. The number of hydrogen-bond donors (Lipinski definition) is 0. The van der Waals surface area contributed by atoms with Gasteiger partial charge in [0.25, 0.3) is 10.2 Å². The molecule has 2 rings (SSSR count). The van der Waals surface area contributed by atoms with Crippen molar-refractivity contribution < 1.29 is 17.9 Å². The van der Waals surface area contributed by atoms with Crippen LogP contribution in [0.4, 0.5) is 0 Å². The molecule has 0 saturated carbocycles. The number of ether oxygens (including phenoxy) is 2. The smallest absolute Gasteiger partial charge is 0.282 e. The summed E-state index contributed by atoms with van der Waals surface area (Å²) in [6.45, 7) is 2.40. The second kappa shape index (κ2) is 7.17. The van der Waals surface area contributed by atoms with Crippen molar-refractivity contribution in [3.05, 3.63) is 23.8 Å². The average molecular weight is 339 g/mol. The number of hydrogen-bond acceptors (Lipinski definition) is 5. The van der Waals surface area contributed by atoms with E-state index >= 15 is 0 Å². The maximum Gasteiger partial charge on any atom is 0.282 e. The molecule has 8 heteroatoms. The monoisotopic (exact) mass is 339 g/mol. The Bertz CT molecular complexity index is 699. The van der Waals surface area contributed by atoms with E-state index in [1.54, 1.807) is 26.2 Å². The van der Waals surface area contributed by atoms with Gasteiger partial charge in [0, 0.05) is 31.7 Å². The number of rotatable bonds is 5. The van der Waals surface area contributed by atoms with Gasteiger partial charge >= 0.3 is 0 Å². The van der Waals surface area contributed by atoms with Crippen molar-refractivity contribution in [2.45, 2.75) is 25.9 Å². The third-order valence-electron chi connectivity index (χ3n) is 3.91. The van der Waals surface area contributed by atoms with Crippen LogP contribution in [0.1, 0.15) is 18.9 Å². The second-order valence-electron chi connectivity index (χ2n) is 5.37. The zero-order valence-electron chi connectivity index (χ0n) is 13.5. The molecule has 0 radical (unpaired) electrons. The first kappa shape index (κ1) is 17.5. The van der Waals surface area contributed by atoms with Crippen molar-refractivity contribution in [2.75, 3.05) is 27.3 Å². The van der Waals surface area contributed by atoms with Gasteiger partial charge in [-0.1, -0.05) is 12.1 Å². The van der Waals surface area contributed by atoms with E-state index in [9.17, 15) is 8.42 Å². The maximum atomic E-state index is 12.8. The van der Waals surface area contributed by atoms with Gasteiger partial charge in [-0.2, -0.15) is 22.3 Å². The van der Waals surface area contributed by atoms with Gasteiger partial charge in [-0.3, -0.25) is 0 Å². The quantitative estimate of drug-likeness (QED) is 0.809. The number of para-hydroxylation sites is 1. The van der Waals surface area contributed by atoms with E-state index in [0.717, 1.165) is 5.56 Å². The lowest BCUT2D eigenvalue weighted by molar-refractivity contribution is 0.267. The lowest BCUT2D eigenvalue weighted by atomic mass is 10.2. The number of fused-ring (bicyclic) bond motifs is 1. The molecular formula is C15H21N3O4S. The predicted octanol–water partition coefficient (Wildman–Crippen LogP) is 1.37. The summed E-state index contributed by atoms with van der Waals surface area (Å²) in [5.41, 5.74) is 0.756. The molecule has 7 nitrogen and oxygen atoms in total. The summed E-state index contributed by atoms with van der Waals surface area (Å²) in [5.74, 6) is 1.17. The highest BCUT2D eigenvalue weighted by Gasteiger charge is 2.32. The van der Waals surface area contributed by atoms with Crippen LogP contribution in [0.3, 0.4) is 0 Å². The Morgan fingerprint density at radius 1 is 1.52 bits per heavy atom. The minimum absolute atomic E-state index is 0.143. The van der Waals surface area contributed by atoms with Crippen LogP contribution in [-0.2, 0) is 16.8 Å². The topological polar surface area (TPSA) is 82.9 Å². The normalized spacial score (nSPS) is 16.8. The molecule has 126 valence electrons. The summed E-state index contributed by atoms with van der Waals surface area (Å²) in [6, 6.07) is 7.02. The predicted molar refractivity (Wildman–Crippen MR) is 85.3 cm³/mol. The number of nitriles is 1. The van der Waals surface area contributed by atoms with Crippen molar-refractivity contribution in [3.63, 3.8) is 0 Å². The molecule has 23 heavy (non-hydrogen) atoms. The molecule has 1 heterocycles. The van der Waals surface area contributed by atoms with Gasteiger partial charge in [-0.25, -0.2) is 0 Å². The van der Waals surface area contributed by atoms with Crippen LogP contribution < -0.4 is 9.47 Å². The van der Waals surface area contributed by atoms with Gasteiger partial charge in [0.1, 0.15) is 6.61 Å². The summed E-state index contributed by atoms with van der Waals surface area (Å²) in [6.07, 6.45) is 0.143. The third kappa shape index (κ3) is 3.58. The Kier molecular flexibility index (Phi) is 5.46. The number of benzene rings is 1. The van der Waals surface area contributed by atoms with Gasteiger partial charge in [0.05, 0.1) is 19.6 Å². The van der Waals surface area contributed by atoms with E-state index in [1.165, 1.54) is 15.7 Å². The molecule has 0 aliphatic carbocycles. The van der Waals surface area contributed by atoms with Gasteiger partial charge in [-0.05, 0) is 13.0 Å². The molecule has 0 spiro atoms. The zero-order chi connectivity index (χ0) is 17.0. The third-order valence-corrected chi connectivity index (χ3v) is 5.96. The highest BCUT2D eigenvalue weighted by molar-refractivity contribution is 7.86. The summed E-state index contributed by atoms with van der Waals surface area (Å²) < 4.78 is 39.1. The zero-order valence-corrected chi connectivity index (χ0v) is 14.3. The summed E-state index contributed by atoms with van der Waals surface area (Å²) in [5, 5.41) is 8.78. The fraction of sp³-hybridized carbons (Fsp3) is 0.533. The van der Waals surface area contributed by atoms with Crippen LogP contribution in [0, 0.1) is 11.3 Å². The molecule has 0 saturated heterocycles. The van der Waals surface area contributed by atoms with Gasteiger partial charge in [0.15, 0.2) is 11.5 Å². The first-order valence-corrected chi connectivity index (χ1v) is 8.70.